The van der Waals surface area contributed by atoms with Gasteiger partial charge in [0.25, 0.3) is 0 Å². The van der Waals surface area contributed by atoms with E-state index in [-0.39, 0.29) is 12.2 Å². The van der Waals surface area contributed by atoms with Gasteiger partial charge in [-0.2, -0.15) is 0 Å². The minimum atomic E-state index is -0.460. The molecule has 2 fully saturated rings. The lowest BCUT2D eigenvalue weighted by Gasteiger charge is -2.38. The molecule has 28 heavy (non-hydrogen) atoms. The van der Waals surface area contributed by atoms with Gasteiger partial charge in [0.15, 0.2) is 0 Å². The predicted octanol–water partition coefficient (Wildman–Crippen LogP) is 3.65. The Morgan fingerprint density at radius 1 is 1.14 bits per heavy atom. The van der Waals surface area contributed by atoms with Crippen molar-refractivity contribution in [2.45, 2.75) is 64.7 Å². The molecule has 2 saturated heterocycles. The van der Waals surface area contributed by atoms with Crippen molar-refractivity contribution in [3.05, 3.63) is 24.3 Å². The van der Waals surface area contributed by atoms with Gasteiger partial charge in [-0.3, -0.25) is 0 Å². The topological polar surface area (TPSA) is 54.0 Å². The lowest BCUT2D eigenvalue weighted by molar-refractivity contribution is 0.0240. The molecule has 2 heterocycles. The van der Waals surface area contributed by atoms with Crippen molar-refractivity contribution in [1.82, 2.24) is 10.2 Å². The number of hydrogen-bond donors (Lipinski definition) is 1. The van der Waals surface area contributed by atoms with Crippen LogP contribution in [0.25, 0.3) is 0 Å². The van der Waals surface area contributed by atoms with Crippen LogP contribution >= 0.6 is 0 Å². The maximum absolute atomic E-state index is 12.3. The Bertz CT molecular complexity index is 645. The van der Waals surface area contributed by atoms with Gasteiger partial charge in [0.05, 0.1) is 5.69 Å². The molecule has 3 rings (SSSR count). The van der Waals surface area contributed by atoms with Crippen molar-refractivity contribution in [3.8, 4) is 5.75 Å². The molecule has 0 aliphatic carbocycles. The number of anilines is 1. The molecular weight excluding hydrogens is 354 g/mol. The highest BCUT2D eigenvalue weighted by atomic mass is 16.6. The summed E-state index contributed by atoms with van der Waals surface area (Å²) >= 11 is 0. The van der Waals surface area contributed by atoms with E-state index < -0.39 is 5.60 Å². The smallest absolute Gasteiger partial charge is 0.410 e. The van der Waals surface area contributed by atoms with Crippen LogP contribution in [0.15, 0.2) is 24.3 Å². The minimum Gasteiger partial charge on any atom is -0.487 e. The summed E-state index contributed by atoms with van der Waals surface area (Å²) in [5.74, 6) is 0.924. The molecule has 1 amide bonds. The quantitative estimate of drug-likeness (QED) is 0.852. The fourth-order valence-electron chi connectivity index (χ4n) is 3.84. The highest BCUT2D eigenvalue weighted by molar-refractivity contribution is 5.69. The first-order valence-corrected chi connectivity index (χ1v) is 10.6. The maximum atomic E-state index is 12.3. The Hall–Kier alpha value is -1.95. The third-order valence-corrected chi connectivity index (χ3v) is 5.37. The first kappa shape index (κ1) is 20.8. The van der Waals surface area contributed by atoms with E-state index in [0.717, 1.165) is 37.5 Å². The number of nitrogens with one attached hydrogen (secondary N) is 1. The van der Waals surface area contributed by atoms with Gasteiger partial charge in [0.2, 0.25) is 0 Å². The number of carbonyl (C=O) groups is 1. The summed E-state index contributed by atoms with van der Waals surface area (Å²) in [6.07, 6.45) is 3.58. The fourth-order valence-corrected chi connectivity index (χ4v) is 3.84. The summed E-state index contributed by atoms with van der Waals surface area (Å²) in [6.45, 7) is 11.8. The second-order valence-corrected chi connectivity index (χ2v) is 8.80. The number of ether oxygens (including phenoxy) is 2. The highest BCUT2D eigenvalue weighted by Gasteiger charge is 2.28. The van der Waals surface area contributed by atoms with Gasteiger partial charge < -0.3 is 24.6 Å². The van der Waals surface area contributed by atoms with Crippen molar-refractivity contribution in [2.75, 3.05) is 37.6 Å². The van der Waals surface area contributed by atoms with Gasteiger partial charge in [-0.1, -0.05) is 18.6 Å². The average Bonchev–Trinajstić information content (AvgIpc) is 2.68. The van der Waals surface area contributed by atoms with Crippen LogP contribution in [0, 0.1) is 0 Å². The number of piperidine rings is 1. The van der Waals surface area contributed by atoms with Crippen LogP contribution in [0.5, 0.6) is 5.75 Å². The third kappa shape index (κ3) is 5.53. The molecule has 6 heteroatoms. The largest absolute Gasteiger partial charge is 0.487 e. The van der Waals surface area contributed by atoms with Crippen molar-refractivity contribution in [1.29, 1.82) is 0 Å². The first-order valence-electron chi connectivity index (χ1n) is 10.6. The van der Waals surface area contributed by atoms with E-state index in [9.17, 15) is 4.79 Å². The summed E-state index contributed by atoms with van der Waals surface area (Å²) in [6, 6.07) is 8.64. The van der Waals surface area contributed by atoms with Gasteiger partial charge in [-0.05, 0) is 59.2 Å². The molecule has 0 spiro atoms. The number of carbonyl (C=O) groups excluding carboxylic acids is 1. The number of piperazine rings is 1. The number of rotatable bonds is 4. The van der Waals surface area contributed by atoms with Crippen molar-refractivity contribution in [2.24, 2.45) is 0 Å². The zero-order valence-corrected chi connectivity index (χ0v) is 17.7. The molecule has 0 saturated carbocycles. The van der Waals surface area contributed by atoms with Gasteiger partial charge >= 0.3 is 6.09 Å². The summed E-state index contributed by atoms with van der Waals surface area (Å²) < 4.78 is 11.9. The van der Waals surface area contributed by atoms with Crippen molar-refractivity contribution in [3.63, 3.8) is 0 Å². The Kier molecular flexibility index (Phi) is 6.70. The molecule has 6 nitrogen and oxygen atoms in total. The Labute approximate surface area is 169 Å². The van der Waals surface area contributed by atoms with Crippen LogP contribution in [-0.4, -0.2) is 61.5 Å². The van der Waals surface area contributed by atoms with E-state index in [1.807, 2.05) is 32.9 Å². The van der Waals surface area contributed by atoms with Gasteiger partial charge in [-0.25, -0.2) is 4.79 Å². The van der Waals surface area contributed by atoms with Gasteiger partial charge in [0, 0.05) is 32.2 Å². The SMILES string of the molecule is CC(Oc1ccccc1N1CCN(C(=O)OC(C)(C)C)CC1)C1CCCCN1. The van der Waals surface area contributed by atoms with Crippen molar-refractivity contribution >= 4 is 11.8 Å². The van der Waals surface area contributed by atoms with Crippen LogP contribution < -0.4 is 15.0 Å². The molecule has 0 bridgehead atoms. The van der Waals surface area contributed by atoms with Crippen LogP contribution in [0.3, 0.4) is 0 Å². The number of amides is 1. The van der Waals surface area contributed by atoms with E-state index in [1.54, 1.807) is 4.90 Å². The third-order valence-electron chi connectivity index (χ3n) is 5.37. The van der Waals surface area contributed by atoms with E-state index in [2.05, 4.69) is 29.3 Å². The van der Waals surface area contributed by atoms with Crippen molar-refractivity contribution < 1.29 is 14.3 Å². The highest BCUT2D eigenvalue weighted by Crippen LogP contribution is 2.31. The number of nitrogens with zero attached hydrogens (tertiary/aromatic N) is 2. The monoisotopic (exact) mass is 389 g/mol. The minimum absolute atomic E-state index is 0.129. The van der Waals surface area contributed by atoms with Crippen LogP contribution in [0.4, 0.5) is 10.5 Å². The lowest BCUT2D eigenvalue weighted by Crippen LogP contribution is -2.50. The second-order valence-electron chi connectivity index (χ2n) is 8.80. The molecule has 1 aromatic rings. The zero-order chi connectivity index (χ0) is 20.1. The molecule has 156 valence electrons. The average molecular weight is 390 g/mol. The van der Waals surface area contributed by atoms with Crippen LogP contribution in [-0.2, 0) is 4.74 Å². The molecule has 2 aliphatic heterocycles. The normalized spacial score (nSPS) is 21.9. The Morgan fingerprint density at radius 3 is 2.50 bits per heavy atom. The Balaban J connectivity index is 1.60. The van der Waals surface area contributed by atoms with E-state index in [4.69, 9.17) is 9.47 Å². The number of benzene rings is 1. The predicted molar refractivity (Wildman–Crippen MR) is 112 cm³/mol. The lowest BCUT2D eigenvalue weighted by atomic mass is 10.0. The van der Waals surface area contributed by atoms with Gasteiger partial charge in [0.1, 0.15) is 17.5 Å². The van der Waals surface area contributed by atoms with Crippen LogP contribution in [0.1, 0.15) is 47.0 Å². The molecule has 0 radical (unpaired) electrons. The number of hydrogen-bond acceptors (Lipinski definition) is 5. The van der Waals surface area contributed by atoms with E-state index >= 15 is 0 Å². The van der Waals surface area contributed by atoms with E-state index in [1.165, 1.54) is 12.8 Å². The molecule has 2 atom stereocenters. The standard InChI is InChI=1S/C22H35N3O3/c1-17(18-9-7-8-12-23-18)27-20-11-6-5-10-19(20)24-13-15-25(16-14-24)21(26)28-22(2,3)4/h5-6,10-11,17-18,23H,7-9,12-16H2,1-4H3. The molecule has 1 aromatic carbocycles. The second kappa shape index (κ2) is 9.03. The van der Waals surface area contributed by atoms with Gasteiger partial charge in [-0.15, -0.1) is 0 Å². The number of para-hydroxylation sites is 2. The molecule has 1 N–H and O–H groups in total. The summed E-state index contributed by atoms with van der Waals surface area (Å²) in [4.78, 5) is 16.4. The zero-order valence-electron chi connectivity index (χ0n) is 17.7. The summed E-state index contributed by atoms with van der Waals surface area (Å²) in [7, 11) is 0. The molecular formula is C22H35N3O3. The molecule has 2 aliphatic rings. The summed E-state index contributed by atoms with van der Waals surface area (Å²) in [5, 5.41) is 3.58. The fraction of sp³-hybridized carbons (Fsp3) is 0.682. The first-order chi connectivity index (χ1) is 13.3. The van der Waals surface area contributed by atoms with Crippen LogP contribution in [0.2, 0.25) is 0 Å². The maximum Gasteiger partial charge on any atom is 0.410 e. The molecule has 2 unspecified atom stereocenters. The van der Waals surface area contributed by atoms with E-state index in [0.29, 0.717) is 19.1 Å². The Morgan fingerprint density at radius 2 is 1.86 bits per heavy atom. The molecule has 0 aromatic heterocycles. The summed E-state index contributed by atoms with van der Waals surface area (Å²) in [5.41, 5.74) is 0.645.